The zero-order valence-electron chi connectivity index (χ0n) is 15.0. The van der Waals surface area contributed by atoms with Gasteiger partial charge in [0.05, 0.1) is 0 Å². The molecule has 0 rings (SSSR count). The Morgan fingerprint density at radius 3 is 1.62 bits per heavy atom. The van der Waals surface area contributed by atoms with E-state index in [1.807, 2.05) is 0 Å². The van der Waals surface area contributed by atoms with E-state index in [2.05, 4.69) is 31.3 Å². The maximum absolute atomic E-state index is 3.60. The molecule has 0 aromatic rings. The van der Waals surface area contributed by atoms with Crippen LogP contribution in [0.1, 0.15) is 104 Å². The molecular formula is C20H41N. The molecular weight excluding hydrogens is 254 g/mol. The lowest BCUT2D eigenvalue weighted by Gasteiger charge is -2.05. The first-order chi connectivity index (χ1) is 10.4. The Kier molecular flexibility index (Phi) is 19.4. The molecule has 0 spiro atoms. The number of unbranched alkanes of at least 4 members (excludes halogenated alkanes) is 12. The van der Waals surface area contributed by atoms with E-state index >= 15 is 0 Å². The van der Waals surface area contributed by atoms with E-state index in [1.54, 1.807) is 0 Å². The second-order valence-electron chi connectivity index (χ2n) is 6.35. The summed E-state index contributed by atoms with van der Waals surface area (Å²) in [6.07, 6.45) is 24.0. The predicted molar refractivity (Wildman–Crippen MR) is 98.0 cm³/mol. The number of nitrogens with one attached hydrogen (secondary N) is 1. The van der Waals surface area contributed by atoms with Crippen LogP contribution < -0.4 is 5.32 Å². The second-order valence-corrected chi connectivity index (χ2v) is 6.35. The van der Waals surface area contributed by atoms with Crippen molar-refractivity contribution in [3.8, 4) is 0 Å². The smallest absolute Gasteiger partial charge is 0.00489 e. The van der Waals surface area contributed by atoms with Gasteiger partial charge in [-0.1, -0.05) is 83.3 Å². The van der Waals surface area contributed by atoms with E-state index in [0.29, 0.717) is 0 Å². The Hall–Kier alpha value is -0.300. The molecule has 0 unspecified atom stereocenters. The van der Waals surface area contributed by atoms with Crippen molar-refractivity contribution < 1.29 is 0 Å². The molecule has 1 nitrogen and oxygen atoms in total. The third-order valence-electron chi connectivity index (χ3n) is 4.17. The van der Waals surface area contributed by atoms with Crippen molar-refractivity contribution in [1.82, 2.24) is 5.32 Å². The number of hydrogen-bond donors (Lipinski definition) is 1. The van der Waals surface area contributed by atoms with Gasteiger partial charge in [0.2, 0.25) is 0 Å². The molecule has 0 heterocycles. The zero-order chi connectivity index (χ0) is 15.4. The van der Waals surface area contributed by atoms with E-state index in [-0.39, 0.29) is 0 Å². The van der Waals surface area contributed by atoms with E-state index in [9.17, 15) is 0 Å². The summed E-state index contributed by atoms with van der Waals surface area (Å²) in [6, 6.07) is 0. The summed E-state index contributed by atoms with van der Waals surface area (Å²) in [7, 11) is 0. The van der Waals surface area contributed by atoms with Crippen LogP contribution in [0.3, 0.4) is 0 Å². The summed E-state index contributed by atoms with van der Waals surface area (Å²) >= 11 is 0. The average molecular weight is 296 g/mol. The van der Waals surface area contributed by atoms with Gasteiger partial charge in [-0.05, 0) is 45.7 Å². The highest BCUT2D eigenvalue weighted by Crippen LogP contribution is 2.08. The molecule has 0 aromatic heterocycles. The second kappa shape index (κ2) is 19.7. The van der Waals surface area contributed by atoms with Gasteiger partial charge in [0.15, 0.2) is 0 Å². The largest absolute Gasteiger partial charge is 0.317 e. The summed E-state index contributed by atoms with van der Waals surface area (Å²) in [5, 5.41) is 3.60. The topological polar surface area (TPSA) is 12.0 Å². The van der Waals surface area contributed by atoms with Crippen LogP contribution in [0.15, 0.2) is 12.2 Å². The summed E-state index contributed by atoms with van der Waals surface area (Å²) in [5.74, 6) is 0. The maximum Gasteiger partial charge on any atom is -0.00489 e. The van der Waals surface area contributed by atoms with Gasteiger partial charge in [-0.2, -0.15) is 0 Å². The van der Waals surface area contributed by atoms with E-state index in [4.69, 9.17) is 0 Å². The van der Waals surface area contributed by atoms with Gasteiger partial charge in [-0.25, -0.2) is 0 Å². The molecule has 0 saturated heterocycles. The molecule has 0 fully saturated rings. The van der Waals surface area contributed by atoms with Gasteiger partial charge in [-0.15, -0.1) is 0 Å². The quantitative estimate of drug-likeness (QED) is 0.234. The van der Waals surface area contributed by atoms with E-state index in [1.165, 1.54) is 103 Å². The van der Waals surface area contributed by atoms with Crippen LogP contribution in [0, 0.1) is 0 Å². The van der Waals surface area contributed by atoms with Crippen LogP contribution >= 0.6 is 0 Å². The molecule has 1 heteroatoms. The van der Waals surface area contributed by atoms with E-state index < -0.39 is 0 Å². The van der Waals surface area contributed by atoms with Crippen molar-refractivity contribution in [3.05, 3.63) is 12.2 Å². The third-order valence-corrected chi connectivity index (χ3v) is 4.17. The van der Waals surface area contributed by atoms with Crippen LogP contribution in [0.25, 0.3) is 0 Å². The standard InChI is InChI=1S/C20H41N/c1-3-5-7-9-11-13-15-17-19-21-20-18-16-14-12-10-8-6-4-2/h3,5,21H,4,6-20H2,1-2H3/b5-3+. The first-order valence-corrected chi connectivity index (χ1v) is 9.73. The highest BCUT2D eigenvalue weighted by Gasteiger charge is 1.93. The van der Waals surface area contributed by atoms with Gasteiger partial charge in [0.1, 0.15) is 0 Å². The Bertz CT molecular complexity index is 198. The van der Waals surface area contributed by atoms with Gasteiger partial charge in [0.25, 0.3) is 0 Å². The van der Waals surface area contributed by atoms with Gasteiger partial charge < -0.3 is 5.32 Å². The fourth-order valence-corrected chi connectivity index (χ4v) is 2.72. The molecule has 0 aliphatic carbocycles. The molecule has 0 radical (unpaired) electrons. The molecule has 0 aliphatic heterocycles. The molecule has 0 saturated carbocycles. The van der Waals surface area contributed by atoms with Gasteiger partial charge in [-0.3, -0.25) is 0 Å². The van der Waals surface area contributed by atoms with Crippen molar-refractivity contribution in [2.75, 3.05) is 13.1 Å². The van der Waals surface area contributed by atoms with Crippen LogP contribution in [0.2, 0.25) is 0 Å². The minimum atomic E-state index is 1.23. The lowest BCUT2D eigenvalue weighted by Crippen LogP contribution is -2.16. The first-order valence-electron chi connectivity index (χ1n) is 9.73. The van der Waals surface area contributed by atoms with Gasteiger partial charge >= 0.3 is 0 Å². The van der Waals surface area contributed by atoms with Crippen LogP contribution in [-0.2, 0) is 0 Å². The van der Waals surface area contributed by atoms with E-state index in [0.717, 1.165) is 0 Å². The van der Waals surface area contributed by atoms with Crippen LogP contribution in [0.4, 0.5) is 0 Å². The Balaban J connectivity index is 2.93. The molecule has 0 amide bonds. The third kappa shape index (κ3) is 19.7. The minimum absolute atomic E-state index is 1.23. The maximum atomic E-state index is 3.60. The SMILES string of the molecule is C/C=C/CCCCCCCNCCCCCCCCCC. The predicted octanol–water partition coefficient (Wildman–Crippen LogP) is 6.63. The summed E-state index contributed by atoms with van der Waals surface area (Å²) in [5.41, 5.74) is 0. The minimum Gasteiger partial charge on any atom is -0.317 e. The monoisotopic (exact) mass is 295 g/mol. The molecule has 0 bridgehead atoms. The Morgan fingerprint density at radius 1 is 0.619 bits per heavy atom. The van der Waals surface area contributed by atoms with Crippen molar-refractivity contribution in [2.45, 2.75) is 104 Å². The normalized spacial score (nSPS) is 11.5. The lowest BCUT2D eigenvalue weighted by molar-refractivity contribution is 0.538. The van der Waals surface area contributed by atoms with Crippen molar-refractivity contribution in [1.29, 1.82) is 0 Å². The van der Waals surface area contributed by atoms with Crippen LogP contribution in [0.5, 0.6) is 0 Å². The molecule has 1 N–H and O–H groups in total. The molecule has 21 heavy (non-hydrogen) atoms. The van der Waals surface area contributed by atoms with Crippen molar-refractivity contribution in [3.63, 3.8) is 0 Å². The lowest BCUT2D eigenvalue weighted by atomic mass is 10.1. The Morgan fingerprint density at radius 2 is 1.10 bits per heavy atom. The van der Waals surface area contributed by atoms with Crippen LogP contribution in [-0.4, -0.2) is 13.1 Å². The Labute approximate surface area is 135 Å². The van der Waals surface area contributed by atoms with Crippen molar-refractivity contribution >= 4 is 0 Å². The molecule has 0 aliphatic rings. The summed E-state index contributed by atoms with van der Waals surface area (Å²) in [6.45, 7) is 6.86. The number of hydrogen-bond acceptors (Lipinski definition) is 1. The summed E-state index contributed by atoms with van der Waals surface area (Å²) in [4.78, 5) is 0. The zero-order valence-corrected chi connectivity index (χ0v) is 15.0. The first kappa shape index (κ1) is 20.7. The highest BCUT2D eigenvalue weighted by molar-refractivity contribution is 4.76. The van der Waals surface area contributed by atoms with Gasteiger partial charge in [0, 0.05) is 0 Å². The fourth-order valence-electron chi connectivity index (χ4n) is 2.72. The fraction of sp³-hybridized carbons (Fsp3) is 0.900. The highest BCUT2D eigenvalue weighted by atomic mass is 14.8. The number of rotatable bonds is 17. The molecule has 0 aromatic carbocycles. The number of allylic oxidation sites excluding steroid dienone is 2. The average Bonchev–Trinajstić information content (AvgIpc) is 2.50. The van der Waals surface area contributed by atoms with Crippen molar-refractivity contribution in [2.24, 2.45) is 0 Å². The molecule has 0 atom stereocenters. The molecule has 126 valence electrons. The summed E-state index contributed by atoms with van der Waals surface area (Å²) < 4.78 is 0.